The summed E-state index contributed by atoms with van der Waals surface area (Å²) in [5.74, 6) is 0. The number of aromatic nitrogens is 1. The van der Waals surface area contributed by atoms with Gasteiger partial charge in [0.25, 0.3) is 0 Å². The van der Waals surface area contributed by atoms with Gasteiger partial charge in [-0.1, -0.05) is 17.7 Å². The van der Waals surface area contributed by atoms with Gasteiger partial charge >= 0.3 is 0 Å². The van der Waals surface area contributed by atoms with Gasteiger partial charge in [-0.15, -0.1) is 0 Å². The fourth-order valence-corrected chi connectivity index (χ4v) is 3.17. The quantitative estimate of drug-likeness (QED) is 0.881. The standard InChI is InChI=1S/C13H13ClN2O3S/c14-12-2-1-11(9-17)7-13(12)20(18,19)16-8-10-3-5-15-6-4-10/h1-7,16-17H,8-9H2. The van der Waals surface area contributed by atoms with Gasteiger partial charge in [0.05, 0.1) is 11.6 Å². The van der Waals surface area contributed by atoms with Crippen LogP contribution in [-0.4, -0.2) is 18.5 Å². The number of pyridine rings is 1. The summed E-state index contributed by atoms with van der Waals surface area (Å²) in [5, 5.41) is 9.18. The van der Waals surface area contributed by atoms with Gasteiger partial charge in [-0.05, 0) is 35.4 Å². The Morgan fingerprint density at radius 1 is 1.15 bits per heavy atom. The first-order valence-corrected chi connectivity index (χ1v) is 7.67. The van der Waals surface area contributed by atoms with Crippen molar-refractivity contribution in [1.82, 2.24) is 9.71 Å². The summed E-state index contributed by atoms with van der Waals surface area (Å²) >= 11 is 5.91. The van der Waals surface area contributed by atoms with Gasteiger partial charge in [0.2, 0.25) is 10.0 Å². The molecular weight excluding hydrogens is 300 g/mol. The van der Waals surface area contributed by atoms with Crippen molar-refractivity contribution in [3.05, 3.63) is 58.9 Å². The van der Waals surface area contributed by atoms with Crippen molar-refractivity contribution in [2.45, 2.75) is 18.0 Å². The third kappa shape index (κ3) is 3.55. The number of aliphatic hydroxyl groups excluding tert-OH is 1. The molecule has 2 rings (SSSR count). The minimum absolute atomic E-state index is 0.0419. The topological polar surface area (TPSA) is 79.3 Å². The van der Waals surface area contributed by atoms with E-state index in [4.69, 9.17) is 16.7 Å². The number of sulfonamides is 1. The van der Waals surface area contributed by atoms with Crippen molar-refractivity contribution in [3.63, 3.8) is 0 Å². The van der Waals surface area contributed by atoms with Crippen LogP contribution in [0.2, 0.25) is 5.02 Å². The van der Waals surface area contributed by atoms with Crippen molar-refractivity contribution in [3.8, 4) is 0 Å². The summed E-state index contributed by atoms with van der Waals surface area (Å²) in [5.41, 5.74) is 1.27. The number of hydrogen-bond donors (Lipinski definition) is 2. The molecule has 0 unspecified atom stereocenters. The molecule has 0 atom stereocenters. The molecular formula is C13H13ClN2O3S. The third-order valence-electron chi connectivity index (χ3n) is 2.68. The van der Waals surface area contributed by atoms with E-state index in [1.807, 2.05) is 0 Å². The molecule has 0 radical (unpaired) electrons. The Balaban J connectivity index is 2.22. The van der Waals surface area contributed by atoms with E-state index in [9.17, 15) is 8.42 Å². The van der Waals surface area contributed by atoms with Crippen LogP contribution in [0.1, 0.15) is 11.1 Å². The molecule has 0 spiro atoms. The molecule has 1 aromatic heterocycles. The molecule has 5 nitrogen and oxygen atoms in total. The smallest absolute Gasteiger partial charge is 0.242 e. The van der Waals surface area contributed by atoms with Crippen LogP contribution >= 0.6 is 11.6 Å². The maximum atomic E-state index is 12.2. The summed E-state index contributed by atoms with van der Waals surface area (Å²) in [7, 11) is -3.74. The Morgan fingerprint density at radius 2 is 1.85 bits per heavy atom. The zero-order valence-electron chi connectivity index (χ0n) is 10.5. The molecule has 0 amide bonds. The van der Waals surface area contributed by atoms with Gasteiger partial charge in [-0.2, -0.15) is 0 Å². The number of nitrogens with zero attached hydrogens (tertiary/aromatic N) is 1. The molecule has 1 aromatic carbocycles. The maximum absolute atomic E-state index is 12.2. The van der Waals surface area contributed by atoms with Gasteiger partial charge < -0.3 is 5.11 Å². The van der Waals surface area contributed by atoms with Crippen LogP contribution in [0.25, 0.3) is 0 Å². The molecule has 0 aliphatic rings. The molecule has 0 saturated carbocycles. The van der Waals surface area contributed by atoms with E-state index < -0.39 is 10.0 Å². The number of rotatable bonds is 5. The summed E-state index contributed by atoms with van der Waals surface area (Å²) in [6.45, 7) is -0.103. The lowest BCUT2D eigenvalue weighted by Gasteiger charge is -2.09. The summed E-state index contributed by atoms with van der Waals surface area (Å²) in [6.07, 6.45) is 3.17. The first-order chi connectivity index (χ1) is 9.53. The number of hydrogen-bond acceptors (Lipinski definition) is 4. The molecule has 106 valence electrons. The van der Waals surface area contributed by atoms with E-state index in [0.717, 1.165) is 5.56 Å². The van der Waals surface area contributed by atoms with E-state index in [1.165, 1.54) is 12.1 Å². The summed E-state index contributed by atoms with van der Waals surface area (Å²) < 4.78 is 26.9. The Hall–Kier alpha value is -1.47. The Kier molecular flexibility index (Phi) is 4.72. The van der Waals surface area contributed by atoms with Gasteiger partial charge in [-0.25, -0.2) is 13.1 Å². The van der Waals surface area contributed by atoms with Gasteiger partial charge in [0.15, 0.2) is 0 Å². The summed E-state index contributed by atoms with van der Waals surface area (Å²) in [6, 6.07) is 7.82. The second kappa shape index (κ2) is 6.32. The van der Waals surface area contributed by atoms with Crippen LogP contribution in [-0.2, 0) is 23.2 Å². The van der Waals surface area contributed by atoms with Gasteiger partial charge in [0.1, 0.15) is 4.90 Å². The average molecular weight is 313 g/mol. The molecule has 20 heavy (non-hydrogen) atoms. The first-order valence-electron chi connectivity index (χ1n) is 5.81. The van der Waals surface area contributed by atoms with Crippen LogP contribution in [0.4, 0.5) is 0 Å². The monoisotopic (exact) mass is 312 g/mol. The third-order valence-corrected chi connectivity index (χ3v) is 4.57. The Bertz CT molecular complexity index is 690. The molecule has 0 fully saturated rings. The number of benzene rings is 1. The van der Waals surface area contributed by atoms with E-state index in [-0.39, 0.29) is 23.1 Å². The zero-order chi connectivity index (χ0) is 14.6. The minimum Gasteiger partial charge on any atom is -0.392 e. The summed E-state index contributed by atoms with van der Waals surface area (Å²) in [4.78, 5) is 3.82. The molecule has 0 saturated heterocycles. The largest absolute Gasteiger partial charge is 0.392 e. The fourth-order valence-electron chi connectivity index (χ4n) is 1.61. The second-order valence-electron chi connectivity index (χ2n) is 4.10. The lowest BCUT2D eigenvalue weighted by molar-refractivity contribution is 0.281. The molecule has 1 heterocycles. The SMILES string of the molecule is O=S(=O)(NCc1ccncc1)c1cc(CO)ccc1Cl. The molecule has 0 bridgehead atoms. The normalized spacial score (nSPS) is 11.5. The van der Waals surface area contributed by atoms with Crippen LogP contribution < -0.4 is 4.72 Å². The second-order valence-corrected chi connectivity index (χ2v) is 6.25. The molecule has 2 N–H and O–H groups in total. The number of halogens is 1. The highest BCUT2D eigenvalue weighted by molar-refractivity contribution is 7.89. The predicted octanol–water partition coefficient (Wildman–Crippen LogP) is 1.71. The van der Waals surface area contributed by atoms with Crippen molar-refractivity contribution >= 4 is 21.6 Å². The van der Waals surface area contributed by atoms with E-state index in [0.29, 0.717) is 5.56 Å². The van der Waals surface area contributed by atoms with Crippen LogP contribution in [0.3, 0.4) is 0 Å². The minimum atomic E-state index is -3.74. The van der Waals surface area contributed by atoms with Crippen molar-refractivity contribution in [1.29, 1.82) is 0 Å². The molecule has 0 aliphatic heterocycles. The van der Waals surface area contributed by atoms with Crippen LogP contribution in [0.5, 0.6) is 0 Å². The average Bonchev–Trinajstić information content (AvgIpc) is 2.47. The first kappa shape index (κ1) is 14.9. The highest BCUT2D eigenvalue weighted by Gasteiger charge is 2.18. The van der Waals surface area contributed by atoms with E-state index >= 15 is 0 Å². The lowest BCUT2D eigenvalue weighted by Crippen LogP contribution is -2.23. The van der Waals surface area contributed by atoms with E-state index in [2.05, 4.69) is 9.71 Å². The Labute approximate surface area is 122 Å². The van der Waals surface area contributed by atoms with Crippen molar-refractivity contribution in [2.75, 3.05) is 0 Å². The highest BCUT2D eigenvalue weighted by Crippen LogP contribution is 2.22. The predicted molar refractivity (Wildman–Crippen MR) is 75.6 cm³/mol. The number of aliphatic hydroxyl groups is 1. The zero-order valence-corrected chi connectivity index (χ0v) is 12.0. The van der Waals surface area contributed by atoms with Crippen molar-refractivity contribution < 1.29 is 13.5 Å². The van der Waals surface area contributed by atoms with Gasteiger partial charge in [-0.3, -0.25) is 4.98 Å². The fraction of sp³-hybridized carbons (Fsp3) is 0.154. The molecule has 7 heteroatoms. The van der Waals surface area contributed by atoms with Crippen LogP contribution in [0, 0.1) is 0 Å². The maximum Gasteiger partial charge on any atom is 0.242 e. The van der Waals surface area contributed by atoms with Crippen LogP contribution in [0.15, 0.2) is 47.6 Å². The molecule has 2 aromatic rings. The lowest BCUT2D eigenvalue weighted by atomic mass is 10.2. The van der Waals surface area contributed by atoms with Gasteiger partial charge in [0, 0.05) is 18.9 Å². The Morgan fingerprint density at radius 3 is 2.50 bits per heavy atom. The van der Waals surface area contributed by atoms with Crippen molar-refractivity contribution in [2.24, 2.45) is 0 Å². The van der Waals surface area contributed by atoms with E-state index in [1.54, 1.807) is 30.6 Å². The molecule has 0 aliphatic carbocycles. The highest BCUT2D eigenvalue weighted by atomic mass is 35.5. The number of nitrogens with one attached hydrogen (secondary N) is 1.